The Morgan fingerprint density at radius 2 is 0.606 bits per heavy atom. The molecule has 0 heterocycles. The van der Waals surface area contributed by atoms with E-state index in [-0.39, 0.29) is 43.3 Å². The van der Waals surface area contributed by atoms with Gasteiger partial charge in [0, 0.05) is 31.8 Å². The monoisotopic (exact) mass is 937 g/mol. The molecule has 66 heavy (non-hydrogen) atoms. The zero-order chi connectivity index (χ0) is 48.4. The van der Waals surface area contributed by atoms with Gasteiger partial charge in [-0.1, -0.05) is 202 Å². The third-order valence-corrected chi connectivity index (χ3v) is 12.8. The molecular formula is C56H108N2O8. The molecular weight excluding hydrogens is 829 g/mol. The fraction of sp³-hybridized carbons (Fsp3) is 0.929. The first-order valence-electron chi connectivity index (χ1n) is 28.5. The summed E-state index contributed by atoms with van der Waals surface area (Å²) in [4.78, 5) is 49.7. The molecule has 0 aromatic rings. The van der Waals surface area contributed by atoms with E-state index in [1.54, 1.807) is 0 Å². The number of esters is 2. The molecule has 0 aliphatic carbocycles. The molecule has 10 heteroatoms. The van der Waals surface area contributed by atoms with E-state index in [1.807, 2.05) is 6.92 Å². The van der Waals surface area contributed by atoms with Crippen LogP contribution in [-0.2, 0) is 28.5 Å². The lowest BCUT2D eigenvalue weighted by Crippen LogP contribution is -2.30. The molecule has 0 aliphatic rings. The summed E-state index contributed by atoms with van der Waals surface area (Å²) >= 11 is 0. The number of ether oxygens (including phenoxy) is 4. The van der Waals surface area contributed by atoms with E-state index in [4.69, 9.17) is 18.9 Å². The molecule has 0 atom stereocenters. The number of nitrogens with one attached hydrogen (secondary N) is 2. The van der Waals surface area contributed by atoms with E-state index in [9.17, 15) is 19.2 Å². The molecule has 0 radical (unpaired) electrons. The van der Waals surface area contributed by atoms with Gasteiger partial charge in [-0.05, 0) is 77.0 Å². The number of hydrogen-bond acceptors (Lipinski definition) is 8. The van der Waals surface area contributed by atoms with Crippen LogP contribution < -0.4 is 10.6 Å². The van der Waals surface area contributed by atoms with Gasteiger partial charge in [0.2, 0.25) is 0 Å². The summed E-state index contributed by atoms with van der Waals surface area (Å²) in [6.45, 7) is 12.3. The summed E-state index contributed by atoms with van der Waals surface area (Å²) in [6, 6.07) is 0. The normalized spacial score (nSPS) is 11.4. The van der Waals surface area contributed by atoms with Gasteiger partial charge in [0.05, 0.1) is 13.2 Å². The van der Waals surface area contributed by atoms with Gasteiger partial charge in [-0.15, -0.1) is 0 Å². The van der Waals surface area contributed by atoms with Gasteiger partial charge >= 0.3 is 24.1 Å². The molecule has 0 fully saturated rings. The zero-order valence-corrected chi connectivity index (χ0v) is 44.1. The van der Waals surface area contributed by atoms with Crippen LogP contribution in [-0.4, -0.2) is 62.6 Å². The van der Waals surface area contributed by atoms with Crippen LogP contribution in [0.15, 0.2) is 0 Å². The highest BCUT2D eigenvalue weighted by molar-refractivity contribution is 5.70. The average molecular weight is 937 g/mol. The Balaban J connectivity index is 3.98. The van der Waals surface area contributed by atoms with Gasteiger partial charge in [-0.2, -0.15) is 0 Å². The van der Waals surface area contributed by atoms with Crippen LogP contribution >= 0.6 is 0 Å². The molecule has 0 spiro atoms. The predicted octanol–water partition coefficient (Wildman–Crippen LogP) is 16.6. The SMILES string of the molecule is CCCCCCCCC(CCCCCCCC)OC(=O)CCCCCCCNC(=O)OCC(C)COC(=O)NCCCCCCCC(=O)OC(CCCCCCCC)CCCCCCCC. The summed E-state index contributed by atoms with van der Waals surface area (Å²) in [7, 11) is 0. The van der Waals surface area contributed by atoms with Crippen LogP contribution in [0.4, 0.5) is 9.59 Å². The molecule has 0 saturated carbocycles. The Labute approximate surface area is 407 Å². The second-order valence-corrected chi connectivity index (χ2v) is 19.6. The van der Waals surface area contributed by atoms with Crippen molar-refractivity contribution in [1.82, 2.24) is 10.6 Å². The second kappa shape index (κ2) is 50.4. The minimum atomic E-state index is -0.460. The van der Waals surface area contributed by atoms with Crippen molar-refractivity contribution in [2.45, 2.75) is 304 Å². The third kappa shape index (κ3) is 46.6. The molecule has 0 aromatic heterocycles. The molecule has 390 valence electrons. The van der Waals surface area contributed by atoms with Crippen molar-refractivity contribution >= 4 is 24.1 Å². The lowest BCUT2D eigenvalue weighted by molar-refractivity contribution is -0.151. The minimum Gasteiger partial charge on any atom is -0.462 e. The van der Waals surface area contributed by atoms with Crippen molar-refractivity contribution in [2.24, 2.45) is 5.92 Å². The number of rotatable bonds is 50. The number of carbonyl (C=O) groups excluding carboxylic acids is 4. The predicted molar refractivity (Wildman–Crippen MR) is 275 cm³/mol. The van der Waals surface area contributed by atoms with E-state index in [1.165, 1.54) is 128 Å². The Bertz CT molecular complexity index is 976. The second-order valence-electron chi connectivity index (χ2n) is 19.6. The number of unbranched alkanes of at least 4 members (excludes halogenated alkanes) is 28. The van der Waals surface area contributed by atoms with Gasteiger partial charge < -0.3 is 29.6 Å². The fourth-order valence-corrected chi connectivity index (χ4v) is 8.44. The molecule has 0 bridgehead atoms. The highest BCUT2D eigenvalue weighted by Gasteiger charge is 2.16. The maximum atomic E-state index is 12.7. The van der Waals surface area contributed by atoms with Crippen LogP contribution in [0.25, 0.3) is 0 Å². The lowest BCUT2D eigenvalue weighted by Gasteiger charge is -2.18. The smallest absolute Gasteiger partial charge is 0.407 e. The Hall–Kier alpha value is -2.52. The molecule has 0 rings (SSSR count). The molecule has 10 nitrogen and oxygen atoms in total. The fourth-order valence-electron chi connectivity index (χ4n) is 8.44. The van der Waals surface area contributed by atoms with E-state index in [0.29, 0.717) is 25.9 Å². The van der Waals surface area contributed by atoms with E-state index >= 15 is 0 Å². The first kappa shape index (κ1) is 63.5. The van der Waals surface area contributed by atoms with Gasteiger partial charge in [-0.3, -0.25) is 9.59 Å². The minimum absolute atomic E-state index is 0.0449. The number of alkyl carbamates (subject to hydrolysis) is 2. The molecule has 0 saturated heterocycles. The van der Waals surface area contributed by atoms with E-state index in [2.05, 4.69) is 38.3 Å². The summed E-state index contributed by atoms with van der Waals surface area (Å²) in [5.41, 5.74) is 0. The first-order valence-corrected chi connectivity index (χ1v) is 28.5. The van der Waals surface area contributed by atoms with Crippen LogP contribution in [0.2, 0.25) is 0 Å². The number of amides is 2. The van der Waals surface area contributed by atoms with E-state index in [0.717, 1.165) is 116 Å². The van der Waals surface area contributed by atoms with Crippen molar-refractivity contribution in [3.8, 4) is 0 Å². The molecule has 0 unspecified atom stereocenters. The van der Waals surface area contributed by atoms with Crippen molar-refractivity contribution in [2.75, 3.05) is 26.3 Å². The Morgan fingerprint density at radius 3 is 0.909 bits per heavy atom. The summed E-state index contributed by atoms with van der Waals surface area (Å²) < 4.78 is 22.6. The number of carbonyl (C=O) groups is 4. The summed E-state index contributed by atoms with van der Waals surface area (Å²) in [5.74, 6) is -0.212. The van der Waals surface area contributed by atoms with Crippen molar-refractivity contribution < 1.29 is 38.1 Å². The van der Waals surface area contributed by atoms with Crippen molar-refractivity contribution in [3.63, 3.8) is 0 Å². The van der Waals surface area contributed by atoms with Gasteiger partial charge in [-0.25, -0.2) is 9.59 Å². The maximum absolute atomic E-state index is 12.7. The van der Waals surface area contributed by atoms with Crippen LogP contribution in [0.5, 0.6) is 0 Å². The molecule has 2 amide bonds. The molecule has 2 N–H and O–H groups in total. The van der Waals surface area contributed by atoms with Crippen LogP contribution in [0.3, 0.4) is 0 Å². The summed E-state index contributed by atoms with van der Waals surface area (Å²) in [5, 5.41) is 5.62. The standard InChI is InChI=1S/C56H108N2O8/c1-6-10-14-18-24-32-40-51(41-33-25-19-15-11-7-2)65-53(59)44-36-28-22-30-38-46-57-55(61)63-48-50(5)49-64-56(62)58-47-39-31-23-29-37-45-54(60)66-52(42-34-26-20-16-12-8-3)43-35-27-21-17-13-9-4/h50-52H,6-49H2,1-5H3,(H,57,61)(H,58,62). The summed E-state index contributed by atoms with van der Waals surface area (Å²) in [6.07, 6.45) is 43.7. The third-order valence-electron chi connectivity index (χ3n) is 12.8. The van der Waals surface area contributed by atoms with Gasteiger partial charge in [0.1, 0.15) is 12.2 Å². The lowest BCUT2D eigenvalue weighted by atomic mass is 10.0. The van der Waals surface area contributed by atoms with Crippen LogP contribution in [0.1, 0.15) is 291 Å². The zero-order valence-electron chi connectivity index (χ0n) is 44.1. The molecule has 0 aromatic carbocycles. The largest absolute Gasteiger partial charge is 0.462 e. The Kier molecular flexibility index (Phi) is 48.4. The van der Waals surface area contributed by atoms with Crippen molar-refractivity contribution in [3.05, 3.63) is 0 Å². The Morgan fingerprint density at radius 1 is 0.348 bits per heavy atom. The average Bonchev–Trinajstić information content (AvgIpc) is 3.30. The highest BCUT2D eigenvalue weighted by atomic mass is 16.6. The van der Waals surface area contributed by atoms with Crippen LogP contribution in [0, 0.1) is 5.92 Å². The van der Waals surface area contributed by atoms with Gasteiger partial charge in [0.25, 0.3) is 0 Å². The first-order chi connectivity index (χ1) is 32.2. The molecule has 0 aliphatic heterocycles. The van der Waals surface area contributed by atoms with Gasteiger partial charge in [0.15, 0.2) is 0 Å². The topological polar surface area (TPSA) is 129 Å². The maximum Gasteiger partial charge on any atom is 0.407 e. The van der Waals surface area contributed by atoms with E-state index < -0.39 is 12.2 Å². The van der Waals surface area contributed by atoms with Crippen molar-refractivity contribution in [1.29, 1.82) is 0 Å². The number of hydrogen-bond donors (Lipinski definition) is 2. The highest BCUT2D eigenvalue weighted by Crippen LogP contribution is 2.20. The quantitative estimate of drug-likeness (QED) is 0.0350.